The number of aryl methyl sites for hydroxylation is 2. The van der Waals surface area contributed by atoms with Gasteiger partial charge in [0.2, 0.25) is 0 Å². The van der Waals surface area contributed by atoms with Gasteiger partial charge in [-0.15, -0.1) is 0 Å². The molecule has 0 aliphatic carbocycles. The molecule has 0 amide bonds. The van der Waals surface area contributed by atoms with Crippen LogP contribution in [-0.2, 0) is 6.54 Å². The Labute approximate surface area is 125 Å². The SMILES string of the molecule is COc1cc(C)c(C(O)C(C)NCc2ccco2)c(C)c1. The van der Waals surface area contributed by atoms with Gasteiger partial charge in [-0.25, -0.2) is 0 Å². The molecular formula is C17H23NO3. The highest BCUT2D eigenvalue weighted by Gasteiger charge is 2.20. The number of furan rings is 1. The fraction of sp³-hybridized carbons (Fsp3) is 0.412. The Morgan fingerprint density at radius 1 is 1.29 bits per heavy atom. The second kappa shape index (κ2) is 6.78. The molecule has 0 aliphatic heterocycles. The Morgan fingerprint density at radius 3 is 2.48 bits per heavy atom. The van der Waals surface area contributed by atoms with Gasteiger partial charge in [-0.3, -0.25) is 0 Å². The summed E-state index contributed by atoms with van der Waals surface area (Å²) in [6, 6.07) is 7.59. The summed E-state index contributed by atoms with van der Waals surface area (Å²) in [6.07, 6.45) is 1.07. The molecule has 0 fully saturated rings. The number of benzene rings is 1. The molecule has 114 valence electrons. The van der Waals surface area contributed by atoms with E-state index in [2.05, 4.69) is 5.32 Å². The molecule has 2 rings (SSSR count). The van der Waals surface area contributed by atoms with E-state index in [9.17, 15) is 5.11 Å². The van der Waals surface area contributed by atoms with E-state index in [4.69, 9.17) is 9.15 Å². The van der Waals surface area contributed by atoms with Crippen molar-refractivity contribution in [3.05, 3.63) is 53.0 Å². The summed E-state index contributed by atoms with van der Waals surface area (Å²) in [5.74, 6) is 1.68. The van der Waals surface area contributed by atoms with E-state index in [1.165, 1.54) is 0 Å². The second-order valence-electron chi connectivity index (χ2n) is 5.37. The van der Waals surface area contributed by atoms with Crippen molar-refractivity contribution in [2.75, 3.05) is 7.11 Å². The van der Waals surface area contributed by atoms with Gasteiger partial charge in [0, 0.05) is 6.04 Å². The van der Waals surface area contributed by atoms with E-state index in [1.807, 2.05) is 45.0 Å². The molecule has 4 nitrogen and oxygen atoms in total. The smallest absolute Gasteiger partial charge is 0.119 e. The summed E-state index contributed by atoms with van der Waals surface area (Å²) >= 11 is 0. The van der Waals surface area contributed by atoms with Gasteiger partial charge in [-0.1, -0.05) is 0 Å². The Bertz CT molecular complexity index is 555. The van der Waals surface area contributed by atoms with Crippen LogP contribution in [0.15, 0.2) is 34.9 Å². The summed E-state index contributed by atoms with van der Waals surface area (Å²) in [4.78, 5) is 0. The van der Waals surface area contributed by atoms with Crippen molar-refractivity contribution in [3.63, 3.8) is 0 Å². The molecule has 21 heavy (non-hydrogen) atoms. The van der Waals surface area contributed by atoms with Crippen molar-refractivity contribution in [2.45, 2.75) is 39.5 Å². The lowest BCUT2D eigenvalue weighted by molar-refractivity contribution is 0.133. The maximum absolute atomic E-state index is 10.6. The third-order valence-corrected chi connectivity index (χ3v) is 3.75. The van der Waals surface area contributed by atoms with Crippen molar-refractivity contribution in [2.24, 2.45) is 0 Å². The average Bonchev–Trinajstić information content (AvgIpc) is 2.96. The lowest BCUT2D eigenvalue weighted by Crippen LogP contribution is -2.32. The van der Waals surface area contributed by atoms with Crippen molar-refractivity contribution in [1.29, 1.82) is 0 Å². The van der Waals surface area contributed by atoms with Crippen LogP contribution in [0.1, 0.15) is 35.5 Å². The molecule has 2 atom stereocenters. The number of rotatable bonds is 6. The summed E-state index contributed by atoms with van der Waals surface area (Å²) in [5, 5.41) is 13.9. The molecule has 0 bridgehead atoms. The number of methoxy groups -OCH3 is 1. The molecule has 1 heterocycles. The van der Waals surface area contributed by atoms with E-state index in [-0.39, 0.29) is 6.04 Å². The molecule has 0 radical (unpaired) electrons. The zero-order valence-electron chi connectivity index (χ0n) is 13.0. The highest BCUT2D eigenvalue weighted by atomic mass is 16.5. The first kappa shape index (κ1) is 15.6. The van der Waals surface area contributed by atoms with Crippen LogP contribution < -0.4 is 10.1 Å². The first-order valence-corrected chi connectivity index (χ1v) is 7.12. The van der Waals surface area contributed by atoms with Crippen LogP contribution >= 0.6 is 0 Å². The molecule has 2 aromatic rings. The average molecular weight is 289 g/mol. The Morgan fingerprint density at radius 2 is 1.95 bits per heavy atom. The number of aliphatic hydroxyl groups is 1. The van der Waals surface area contributed by atoms with Crippen molar-refractivity contribution < 1.29 is 14.3 Å². The number of ether oxygens (including phenoxy) is 1. The molecule has 0 aliphatic rings. The standard InChI is InChI=1S/C17H23NO3/c1-11-8-15(20-4)9-12(2)16(11)17(19)13(3)18-10-14-6-5-7-21-14/h5-9,13,17-19H,10H2,1-4H3. The van der Waals surface area contributed by atoms with Gasteiger partial charge < -0.3 is 19.6 Å². The molecule has 2 unspecified atom stereocenters. The van der Waals surface area contributed by atoms with E-state index in [0.717, 1.165) is 28.2 Å². The monoisotopic (exact) mass is 289 g/mol. The van der Waals surface area contributed by atoms with Crippen LogP contribution in [0.3, 0.4) is 0 Å². The predicted molar refractivity (Wildman–Crippen MR) is 82.4 cm³/mol. The molecule has 0 spiro atoms. The Kier molecular flexibility index (Phi) is 5.04. The topological polar surface area (TPSA) is 54.6 Å². The number of nitrogens with one attached hydrogen (secondary N) is 1. The van der Waals surface area contributed by atoms with Gasteiger partial charge in [-0.2, -0.15) is 0 Å². The third kappa shape index (κ3) is 3.65. The fourth-order valence-corrected chi connectivity index (χ4v) is 2.56. The highest BCUT2D eigenvalue weighted by molar-refractivity contribution is 5.42. The molecule has 1 aromatic carbocycles. The van der Waals surface area contributed by atoms with Crippen LogP contribution in [0.4, 0.5) is 0 Å². The molecular weight excluding hydrogens is 266 g/mol. The van der Waals surface area contributed by atoms with Gasteiger partial charge in [0.25, 0.3) is 0 Å². The lowest BCUT2D eigenvalue weighted by Gasteiger charge is -2.24. The van der Waals surface area contributed by atoms with Crippen LogP contribution in [0.2, 0.25) is 0 Å². The van der Waals surface area contributed by atoms with Crippen LogP contribution in [-0.4, -0.2) is 18.3 Å². The van der Waals surface area contributed by atoms with Crippen molar-refractivity contribution in [1.82, 2.24) is 5.32 Å². The fourth-order valence-electron chi connectivity index (χ4n) is 2.56. The number of hydrogen-bond acceptors (Lipinski definition) is 4. The van der Waals surface area contributed by atoms with Gasteiger partial charge in [-0.05, 0) is 61.7 Å². The maximum Gasteiger partial charge on any atom is 0.119 e. The molecule has 0 saturated carbocycles. The number of aliphatic hydroxyl groups excluding tert-OH is 1. The van der Waals surface area contributed by atoms with Crippen LogP contribution in [0.25, 0.3) is 0 Å². The van der Waals surface area contributed by atoms with E-state index >= 15 is 0 Å². The van der Waals surface area contributed by atoms with E-state index in [1.54, 1.807) is 13.4 Å². The van der Waals surface area contributed by atoms with Gasteiger partial charge >= 0.3 is 0 Å². The third-order valence-electron chi connectivity index (χ3n) is 3.75. The molecule has 4 heteroatoms. The van der Waals surface area contributed by atoms with E-state index < -0.39 is 6.10 Å². The summed E-state index contributed by atoms with van der Waals surface area (Å²) < 4.78 is 10.5. The van der Waals surface area contributed by atoms with Gasteiger partial charge in [0.1, 0.15) is 11.5 Å². The summed E-state index contributed by atoms with van der Waals surface area (Å²) in [6.45, 7) is 6.55. The predicted octanol–water partition coefficient (Wildman–Crippen LogP) is 3.12. The molecule has 2 N–H and O–H groups in total. The Hall–Kier alpha value is -1.78. The highest BCUT2D eigenvalue weighted by Crippen LogP contribution is 2.28. The van der Waals surface area contributed by atoms with Gasteiger partial charge in [0.15, 0.2) is 0 Å². The zero-order valence-corrected chi connectivity index (χ0v) is 13.0. The minimum Gasteiger partial charge on any atom is -0.497 e. The van der Waals surface area contributed by atoms with Crippen molar-refractivity contribution in [3.8, 4) is 5.75 Å². The van der Waals surface area contributed by atoms with Gasteiger partial charge in [0.05, 0.1) is 26.0 Å². The number of hydrogen-bond donors (Lipinski definition) is 2. The minimum absolute atomic E-state index is 0.0825. The first-order valence-electron chi connectivity index (χ1n) is 7.12. The molecule has 0 saturated heterocycles. The lowest BCUT2D eigenvalue weighted by atomic mass is 9.94. The largest absolute Gasteiger partial charge is 0.497 e. The second-order valence-corrected chi connectivity index (χ2v) is 5.37. The van der Waals surface area contributed by atoms with Crippen LogP contribution in [0, 0.1) is 13.8 Å². The van der Waals surface area contributed by atoms with E-state index in [0.29, 0.717) is 6.54 Å². The normalized spacial score (nSPS) is 14.0. The maximum atomic E-state index is 10.6. The van der Waals surface area contributed by atoms with Crippen molar-refractivity contribution >= 4 is 0 Å². The molecule has 1 aromatic heterocycles. The summed E-state index contributed by atoms with van der Waals surface area (Å²) in [5.41, 5.74) is 3.02. The summed E-state index contributed by atoms with van der Waals surface area (Å²) in [7, 11) is 1.65. The quantitative estimate of drug-likeness (QED) is 0.858. The zero-order chi connectivity index (χ0) is 15.4. The van der Waals surface area contributed by atoms with Crippen LogP contribution in [0.5, 0.6) is 5.75 Å². The minimum atomic E-state index is -0.578. The Balaban J connectivity index is 2.09. The first-order chi connectivity index (χ1) is 10.0.